The van der Waals surface area contributed by atoms with Gasteiger partial charge in [-0.1, -0.05) is 18.2 Å². The quantitative estimate of drug-likeness (QED) is 0.636. The van der Waals surface area contributed by atoms with Gasteiger partial charge in [-0.25, -0.2) is 13.2 Å². The molecule has 1 fully saturated rings. The number of furan rings is 1. The van der Waals surface area contributed by atoms with Crippen LogP contribution in [0.1, 0.15) is 20.9 Å². The zero-order valence-electron chi connectivity index (χ0n) is 15.7. The third-order valence-corrected chi connectivity index (χ3v) is 6.06. The zero-order valence-corrected chi connectivity index (χ0v) is 16.5. The van der Waals surface area contributed by atoms with Gasteiger partial charge in [0.15, 0.2) is 0 Å². The van der Waals surface area contributed by atoms with Crippen LogP contribution in [-0.4, -0.2) is 56.6 Å². The number of nitrogens with zero attached hydrogens (tertiary/aromatic N) is 1. The summed E-state index contributed by atoms with van der Waals surface area (Å²) in [6.45, 7) is 1.50. The third-order valence-electron chi connectivity index (χ3n) is 4.72. The van der Waals surface area contributed by atoms with Crippen molar-refractivity contribution in [3.63, 3.8) is 0 Å². The highest BCUT2D eigenvalue weighted by atomic mass is 32.2. The lowest BCUT2D eigenvalue weighted by Gasteiger charge is -2.26. The molecular formula is C20H18N2O7S. The van der Waals surface area contributed by atoms with Gasteiger partial charge in [0.05, 0.1) is 23.7 Å². The van der Waals surface area contributed by atoms with E-state index in [-0.39, 0.29) is 21.9 Å². The van der Waals surface area contributed by atoms with Gasteiger partial charge in [-0.05, 0) is 30.3 Å². The predicted molar refractivity (Wildman–Crippen MR) is 107 cm³/mol. The number of para-hydroxylation sites is 1. The van der Waals surface area contributed by atoms with Crippen molar-refractivity contribution >= 4 is 38.6 Å². The van der Waals surface area contributed by atoms with Crippen molar-refractivity contribution in [3.8, 4) is 0 Å². The molecule has 3 aromatic rings. The lowest BCUT2D eigenvalue weighted by atomic mass is 10.2. The lowest BCUT2D eigenvalue weighted by Crippen LogP contribution is -2.40. The number of rotatable bonds is 5. The molecule has 0 saturated carbocycles. The molecule has 0 aliphatic carbocycles. The van der Waals surface area contributed by atoms with Crippen molar-refractivity contribution < 1.29 is 32.3 Å². The summed E-state index contributed by atoms with van der Waals surface area (Å²) >= 11 is 0. The fraction of sp³-hybridized carbons (Fsp3) is 0.200. The maximum absolute atomic E-state index is 13.0. The van der Waals surface area contributed by atoms with E-state index >= 15 is 0 Å². The minimum Gasteiger partial charge on any atom is -0.478 e. The molecule has 156 valence electrons. The summed E-state index contributed by atoms with van der Waals surface area (Å²) in [5.74, 6) is -1.83. The van der Waals surface area contributed by atoms with Crippen LogP contribution in [0.4, 0.5) is 5.69 Å². The number of carboxylic acid groups (broad SMARTS) is 1. The number of amides is 1. The van der Waals surface area contributed by atoms with Gasteiger partial charge in [0.2, 0.25) is 5.76 Å². The Bertz CT molecular complexity index is 1230. The molecule has 10 heteroatoms. The Morgan fingerprint density at radius 3 is 2.50 bits per heavy atom. The second kappa shape index (κ2) is 7.81. The number of sulfonamides is 1. The van der Waals surface area contributed by atoms with Gasteiger partial charge in [-0.2, -0.15) is 0 Å². The number of benzene rings is 2. The molecule has 1 saturated heterocycles. The minimum absolute atomic E-state index is 0.0165. The summed E-state index contributed by atoms with van der Waals surface area (Å²) in [5.41, 5.74) is 0.202. The third kappa shape index (κ3) is 3.74. The van der Waals surface area contributed by atoms with Crippen LogP contribution in [0.2, 0.25) is 0 Å². The van der Waals surface area contributed by atoms with Gasteiger partial charge in [0.1, 0.15) is 11.3 Å². The normalized spacial score (nSPS) is 14.6. The number of hydrogen-bond donors (Lipinski definition) is 2. The summed E-state index contributed by atoms with van der Waals surface area (Å²) in [5, 5.41) is 9.57. The van der Waals surface area contributed by atoms with Crippen molar-refractivity contribution in [2.24, 2.45) is 0 Å². The average Bonchev–Trinajstić information content (AvgIpc) is 3.12. The number of carbonyl (C=O) groups excluding carboxylic acids is 1. The largest absolute Gasteiger partial charge is 0.478 e. The molecule has 1 amide bonds. The summed E-state index contributed by atoms with van der Waals surface area (Å²) in [6.07, 6.45) is 0. The Kier molecular flexibility index (Phi) is 5.18. The molecule has 0 spiro atoms. The molecule has 2 aromatic carbocycles. The number of ether oxygens (including phenoxy) is 1. The van der Waals surface area contributed by atoms with Crippen molar-refractivity contribution in [2.75, 3.05) is 31.0 Å². The highest BCUT2D eigenvalue weighted by Gasteiger charge is 2.29. The van der Waals surface area contributed by atoms with Gasteiger partial charge in [-0.15, -0.1) is 0 Å². The number of fused-ring (bicyclic) bond motifs is 1. The predicted octanol–water partition coefficient (Wildman–Crippen LogP) is 2.40. The molecule has 4 rings (SSSR count). The molecule has 2 heterocycles. The van der Waals surface area contributed by atoms with Crippen LogP contribution in [0.5, 0.6) is 0 Å². The highest BCUT2D eigenvalue weighted by molar-refractivity contribution is 7.92. The van der Waals surface area contributed by atoms with Crippen LogP contribution < -0.4 is 4.72 Å². The molecule has 1 aromatic heterocycles. The van der Waals surface area contributed by atoms with E-state index in [1.54, 1.807) is 24.3 Å². The Morgan fingerprint density at radius 2 is 1.77 bits per heavy atom. The van der Waals surface area contributed by atoms with E-state index in [4.69, 9.17) is 14.3 Å². The summed E-state index contributed by atoms with van der Waals surface area (Å²) in [7, 11) is -4.19. The van der Waals surface area contributed by atoms with E-state index < -0.39 is 21.9 Å². The van der Waals surface area contributed by atoms with E-state index in [2.05, 4.69) is 4.72 Å². The topological polar surface area (TPSA) is 126 Å². The molecule has 0 unspecified atom stereocenters. The van der Waals surface area contributed by atoms with Crippen molar-refractivity contribution in [2.45, 2.75) is 4.90 Å². The molecule has 1 aliphatic rings. The van der Waals surface area contributed by atoms with Crippen LogP contribution in [0.3, 0.4) is 0 Å². The monoisotopic (exact) mass is 430 g/mol. The van der Waals surface area contributed by atoms with E-state index in [0.717, 1.165) is 6.07 Å². The van der Waals surface area contributed by atoms with Crippen LogP contribution in [0.15, 0.2) is 57.8 Å². The van der Waals surface area contributed by atoms with Crippen LogP contribution in [0.25, 0.3) is 11.0 Å². The Hall–Kier alpha value is -3.37. The fourth-order valence-electron chi connectivity index (χ4n) is 3.20. The number of carbonyl (C=O) groups is 2. The molecular weight excluding hydrogens is 412 g/mol. The summed E-state index contributed by atoms with van der Waals surface area (Å²) < 4.78 is 39.3. The van der Waals surface area contributed by atoms with Crippen LogP contribution in [-0.2, 0) is 14.8 Å². The van der Waals surface area contributed by atoms with Gasteiger partial charge < -0.3 is 19.2 Å². The van der Waals surface area contributed by atoms with Crippen LogP contribution >= 0.6 is 0 Å². The Morgan fingerprint density at radius 1 is 1.03 bits per heavy atom. The summed E-state index contributed by atoms with van der Waals surface area (Å²) in [4.78, 5) is 25.5. The minimum atomic E-state index is -4.19. The summed E-state index contributed by atoms with van der Waals surface area (Å²) in [6, 6.07) is 11.6. The van der Waals surface area contributed by atoms with Crippen molar-refractivity contribution in [1.82, 2.24) is 4.90 Å². The van der Waals surface area contributed by atoms with Gasteiger partial charge in [0, 0.05) is 18.5 Å². The number of aromatic carboxylic acids is 1. The van der Waals surface area contributed by atoms with Gasteiger partial charge in [-0.3, -0.25) is 9.52 Å². The Balaban J connectivity index is 1.77. The van der Waals surface area contributed by atoms with E-state index in [9.17, 15) is 18.0 Å². The van der Waals surface area contributed by atoms with E-state index in [1.165, 1.54) is 23.1 Å². The first kappa shape index (κ1) is 19.9. The lowest BCUT2D eigenvalue weighted by molar-refractivity contribution is 0.0285. The highest BCUT2D eigenvalue weighted by Crippen LogP contribution is 2.33. The second-order valence-corrected chi connectivity index (χ2v) is 8.33. The van der Waals surface area contributed by atoms with Gasteiger partial charge in [0.25, 0.3) is 15.9 Å². The fourth-order valence-corrected chi connectivity index (χ4v) is 4.33. The number of hydrogen-bond acceptors (Lipinski definition) is 6. The Labute approximate surface area is 171 Å². The molecule has 2 N–H and O–H groups in total. The van der Waals surface area contributed by atoms with Crippen LogP contribution in [0, 0.1) is 0 Å². The smallest absolute Gasteiger partial charge is 0.335 e. The van der Waals surface area contributed by atoms with E-state index in [1.807, 2.05) is 0 Å². The number of nitrogens with one attached hydrogen (secondary N) is 1. The van der Waals surface area contributed by atoms with Crippen molar-refractivity contribution in [3.05, 3.63) is 59.9 Å². The first-order valence-corrected chi connectivity index (χ1v) is 10.6. The van der Waals surface area contributed by atoms with Gasteiger partial charge >= 0.3 is 5.97 Å². The number of morpholine rings is 1. The SMILES string of the molecule is O=C(O)c1cccc(S(=O)(=O)Nc2c(C(=O)N3CCOCC3)oc3ccccc23)c1. The van der Waals surface area contributed by atoms with E-state index in [0.29, 0.717) is 37.3 Å². The first-order chi connectivity index (χ1) is 14.4. The number of carboxylic acids is 1. The molecule has 0 atom stereocenters. The van der Waals surface area contributed by atoms with Crippen molar-refractivity contribution in [1.29, 1.82) is 0 Å². The molecule has 1 aliphatic heterocycles. The maximum Gasteiger partial charge on any atom is 0.335 e. The molecule has 30 heavy (non-hydrogen) atoms. The average molecular weight is 430 g/mol. The molecule has 0 bridgehead atoms. The maximum atomic E-state index is 13.0. The molecule has 9 nitrogen and oxygen atoms in total. The molecule has 0 radical (unpaired) electrons. The number of anilines is 1. The second-order valence-electron chi connectivity index (χ2n) is 6.65. The first-order valence-electron chi connectivity index (χ1n) is 9.11. The zero-order chi connectivity index (χ0) is 21.3. The standard InChI is InChI=1S/C20H18N2O7S/c23-19(22-8-10-28-11-9-22)18-17(15-6-1-2-7-16(15)29-18)21-30(26,27)14-5-3-4-13(12-14)20(24)25/h1-7,12,21H,8-11H2,(H,24,25).